The van der Waals surface area contributed by atoms with Gasteiger partial charge in [-0.2, -0.15) is 8.42 Å². The Balaban J connectivity index is 3.62. The molecule has 1 aromatic rings. The Morgan fingerprint density at radius 2 is 2.00 bits per heavy atom. The van der Waals surface area contributed by atoms with Gasteiger partial charge in [-0.05, 0) is 18.6 Å². The van der Waals surface area contributed by atoms with Gasteiger partial charge in [-0.3, -0.25) is 4.55 Å². The number of thiol groups is 1. The molecule has 0 radical (unpaired) electrons. The van der Waals surface area contributed by atoms with E-state index < -0.39 is 20.8 Å². The normalized spacial score (nSPS) is 11.7. The Bertz CT molecular complexity index is 439. The zero-order valence-corrected chi connectivity index (χ0v) is 8.36. The second-order valence-electron chi connectivity index (χ2n) is 2.52. The third-order valence-electron chi connectivity index (χ3n) is 1.54. The zero-order chi connectivity index (χ0) is 10.2. The molecule has 0 amide bonds. The van der Waals surface area contributed by atoms with Crippen LogP contribution in [0.4, 0.5) is 4.39 Å². The van der Waals surface area contributed by atoms with E-state index >= 15 is 0 Å². The SMILES string of the molecule is Cc1ccc(F)c(S(=O)(=O)O)c1S. The van der Waals surface area contributed by atoms with Crippen LogP contribution in [-0.4, -0.2) is 13.0 Å². The van der Waals surface area contributed by atoms with E-state index in [0.29, 0.717) is 5.56 Å². The van der Waals surface area contributed by atoms with Crippen LogP contribution < -0.4 is 0 Å². The van der Waals surface area contributed by atoms with Crippen LogP contribution in [0.25, 0.3) is 0 Å². The summed E-state index contributed by atoms with van der Waals surface area (Å²) in [6.07, 6.45) is 0. The van der Waals surface area contributed by atoms with Crippen molar-refractivity contribution in [2.45, 2.75) is 16.7 Å². The maximum atomic E-state index is 12.9. The van der Waals surface area contributed by atoms with Gasteiger partial charge in [0.2, 0.25) is 0 Å². The van der Waals surface area contributed by atoms with Gasteiger partial charge in [-0.1, -0.05) is 6.07 Å². The summed E-state index contributed by atoms with van der Waals surface area (Å²) in [6.45, 7) is 1.57. The van der Waals surface area contributed by atoms with E-state index in [1.54, 1.807) is 6.92 Å². The van der Waals surface area contributed by atoms with E-state index in [2.05, 4.69) is 12.6 Å². The molecule has 1 N–H and O–H groups in total. The minimum Gasteiger partial charge on any atom is -0.282 e. The van der Waals surface area contributed by atoms with Crippen LogP contribution in [0, 0.1) is 12.7 Å². The molecule has 1 rings (SSSR count). The standard InChI is InChI=1S/C7H7FO3S2/c1-4-2-3-5(8)7(6(4)12)13(9,10)11/h2-3,12H,1H3,(H,9,10,11). The molecule has 0 saturated carbocycles. The van der Waals surface area contributed by atoms with Gasteiger partial charge in [0.15, 0.2) is 0 Å². The third-order valence-corrected chi connectivity index (χ3v) is 3.19. The van der Waals surface area contributed by atoms with E-state index in [4.69, 9.17) is 4.55 Å². The highest BCUT2D eigenvalue weighted by atomic mass is 32.2. The number of halogens is 1. The first-order valence-corrected chi connectivity index (χ1v) is 5.18. The minimum atomic E-state index is -4.54. The van der Waals surface area contributed by atoms with Crippen molar-refractivity contribution in [3.8, 4) is 0 Å². The molecule has 1 aromatic carbocycles. The van der Waals surface area contributed by atoms with Gasteiger partial charge in [-0.15, -0.1) is 12.6 Å². The average molecular weight is 222 g/mol. The highest BCUT2D eigenvalue weighted by molar-refractivity contribution is 7.87. The van der Waals surface area contributed by atoms with E-state index in [-0.39, 0.29) is 4.90 Å². The first kappa shape index (κ1) is 10.5. The van der Waals surface area contributed by atoms with E-state index in [0.717, 1.165) is 6.07 Å². The molecule has 0 aliphatic carbocycles. The van der Waals surface area contributed by atoms with Crippen molar-refractivity contribution < 1.29 is 17.4 Å². The molecule has 13 heavy (non-hydrogen) atoms. The van der Waals surface area contributed by atoms with Crippen molar-refractivity contribution in [2.24, 2.45) is 0 Å². The highest BCUT2D eigenvalue weighted by Gasteiger charge is 2.20. The molecular formula is C7H7FO3S2. The lowest BCUT2D eigenvalue weighted by Gasteiger charge is -2.05. The number of aryl methyl sites for hydroxylation is 1. The number of rotatable bonds is 1. The number of hydrogen-bond acceptors (Lipinski definition) is 3. The van der Waals surface area contributed by atoms with Crippen molar-refractivity contribution in [3.05, 3.63) is 23.5 Å². The smallest absolute Gasteiger partial charge is 0.282 e. The van der Waals surface area contributed by atoms with Gasteiger partial charge in [0.05, 0.1) is 0 Å². The van der Waals surface area contributed by atoms with Gasteiger partial charge in [-0.25, -0.2) is 4.39 Å². The second kappa shape index (κ2) is 3.28. The maximum absolute atomic E-state index is 12.9. The summed E-state index contributed by atoms with van der Waals surface area (Å²) in [7, 11) is -4.54. The molecule has 0 spiro atoms. The fraction of sp³-hybridized carbons (Fsp3) is 0.143. The van der Waals surface area contributed by atoms with Crippen molar-refractivity contribution in [1.29, 1.82) is 0 Å². The lowest BCUT2D eigenvalue weighted by Crippen LogP contribution is -2.04. The van der Waals surface area contributed by atoms with Crippen LogP contribution in [0.3, 0.4) is 0 Å². The van der Waals surface area contributed by atoms with Crippen LogP contribution in [0.2, 0.25) is 0 Å². The minimum absolute atomic E-state index is 0.0671. The average Bonchev–Trinajstić information content (AvgIpc) is 1.95. The summed E-state index contributed by atoms with van der Waals surface area (Å²) < 4.78 is 43.0. The molecule has 3 nitrogen and oxygen atoms in total. The molecule has 0 aromatic heterocycles. The second-order valence-corrected chi connectivity index (χ2v) is 4.32. The van der Waals surface area contributed by atoms with E-state index in [9.17, 15) is 12.8 Å². The Hall–Kier alpha value is -0.590. The molecule has 0 atom stereocenters. The summed E-state index contributed by atoms with van der Waals surface area (Å²) in [5, 5.41) is 0. The first-order chi connectivity index (χ1) is 5.84. The Labute approximate surface area is 80.7 Å². The molecular weight excluding hydrogens is 215 g/mol. The van der Waals surface area contributed by atoms with Gasteiger partial charge in [0.1, 0.15) is 10.7 Å². The van der Waals surface area contributed by atoms with Crippen LogP contribution in [-0.2, 0) is 10.1 Å². The topological polar surface area (TPSA) is 54.4 Å². The van der Waals surface area contributed by atoms with Gasteiger partial charge < -0.3 is 0 Å². The van der Waals surface area contributed by atoms with Crippen LogP contribution in [0.5, 0.6) is 0 Å². The summed E-state index contributed by atoms with van der Waals surface area (Å²) in [5.74, 6) is -1.00. The van der Waals surface area contributed by atoms with Crippen molar-refractivity contribution in [2.75, 3.05) is 0 Å². The Morgan fingerprint density at radius 3 is 2.38 bits per heavy atom. The Kier molecular flexibility index (Phi) is 2.65. The highest BCUT2D eigenvalue weighted by Crippen LogP contribution is 2.25. The predicted octanol–water partition coefficient (Wildman–Crippen LogP) is 1.67. The van der Waals surface area contributed by atoms with Crippen LogP contribution in [0.1, 0.15) is 5.56 Å². The summed E-state index contributed by atoms with van der Waals surface area (Å²) in [5.41, 5.74) is 0.484. The molecule has 72 valence electrons. The van der Waals surface area contributed by atoms with Crippen LogP contribution in [0.15, 0.2) is 21.9 Å². The zero-order valence-electron chi connectivity index (χ0n) is 6.65. The molecule has 0 aliphatic heterocycles. The van der Waals surface area contributed by atoms with Crippen molar-refractivity contribution in [1.82, 2.24) is 0 Å². The third kappa shape index (κ3) is 2.01. The molecule has 6 heteroatoms. The molecule has 0 saturated heterocycles. The van der Waals surface area contributed by atoms with Crippen molar-refractivity contribution in [3.63, 3.8) is 0 Å². The van der Waals surface area contributed by atoms with E-state index in [1.165, 1.54) is 6.07 Å². The van der Waals surface area contributed by atoms with E-state index in [1.807, 2.05) is 0 Å². The monoisotopic (exact) mass is 222 g/mol. The fourth-order valence-corrected chi connectivity index (χ4v) is 2.14. The van der Waals surface area contributed by atoms with Gasteiger partial charge in [0, 0.05) is 4.90 Å². The van der Waals surface area contributed by atoms with Crippen LogP contribution >= 0.6 is 12.6 Å². The number of hydrogen-bond donors (Lipinski definition) is 2. The lowest BCUT2D eigenvalue weighted by molar-refractivity contribution is 0.469. The first-order valence-electron chi connectivity index (χ1n) is 3.29. The summed E-state index contributed by atoms with van der Waals surface area (Å²) in [6, 6.07) is 2.35. The summed E-state index contributed by atoms with van der Waals surface area (Å²) in [4.78, 5) is -0.835. The lowest BCUT2D eigenvalue weighted by atomic mass is 10.2. The molecule has 0 aliphatic rings. The largest absolute Gasteiger partial charge is 0.298 e. The van der Waals surface area contributed by atoms with Crippen molar-refractivity contribution >= 4 is 22.7 Å². The molecule has 0 fully saturated rings. The maximum Gasteiger partial charge on any atom is 0.298 e. The number of benzene rings is 1. The predicted molar refractivity (Wildman–Crippen MR) is 48.2 cm³/mol. The quantitative estimate of drug-likeness (QED) is 0.561. The van der Waals surface area contributed by atoms with Gasteiger partial charge >= 0.3 is 0 Å². The summed E-state index contributed by atoms with van der Waals surface area (Å²) >= 11 is 3.80. The molecule has 0 heterocycles. The molecule has 0 unspecified atom stereocenters. The fourth-order valence-electron chi connectivity index (χ4n) is 0.890. The molecule has 0 bridgehead atoms. The van der Waals surface area contributed by atoms with Gasteiger partial charge in [0.25, 0.3) is 10.1 Å². The Morgan fingerprint density at radius 1 is 1.46 bits per heavy atom.